The first-order valence-corrected chi connectivity index (χ1v) is 7.98. The normalized spacial score (nSPS) is 10.3. The average molecular weight is 320 g/mol. The molecule has 4 heteroatoms. The molecule has 0 radical (unpaired) electrons. The first kappa shape index (κ1) is 15.9. The summed E-state index contributed by atoms with van der Waals surface area (Å²) in [7, 11) is 0. The molecule has 1 amide bonds. The highest BCUT2D eigenvalue weighted by Gasteiger charge is 2.03. The summed E-state index contributed by atoms with van der Waals surface area (Å²) in [5.41, 5.74) is 2.08. The lowest BCUT2D eigenvalue weighted by atomic mass is 10.1. The van der Waals surface area contributed by atoms with Crippen molar-refractivity contribution >= 4 is 5.91 Å². The van der Waals surface area contributed by atoms with Gasteiger partial charge in [-0.15, -0.1) is 0 Å². The predicted octanol–water partition coefficient (Wildman–Crippen LogP) is 3.22. The lowest BCUT2D eigenvalue weighted by Gasteiger charge is -2.08. The van der Waals surface area contributed by atoms with Gasteiger partial charge in [0.1, 0.15) is 12.4 Å². The highest BCUT2D eigenvalue weighted by atomic mass is 16.5. The van der Waals surface area contributed by atoms with Gasteiger partial charge in [-0.05, 0) is 42.0 Å². The number of nitrogens with one attached hydrogen (secondary N) is 1. The van der Waals surface area contributed by atoms with E-state index in [0.717, 1.165) is 17.0 Å². The molecule has 0 aliphatic carbocycles. The quantitative estimate of drug-likeness (QED) is 0.679. The number of aromatic nitrogens is 1. The van der Waals surface area contributed by atoms with E-state index < -0.39 is 0 Å². The van der Waals surface area contributed by atoms with E-state index in [-0.39, 0.29) is 5.91 Å². The Labute approximate surface area is 141 Å². The van der Waals surface area contributed by atoms with Crippen LogP contribution in [0, 0.1) is 0 Å². The van der Waals surface area contributed by atoms with Crippen molar-refractivity contribution < 1.29 is 9.53 Å². The van der Waals surface area contributed by atoms with E-state index in [9.17, 15) is 4.79 Å². The third-order valence-corrected chi connectivity index (χ3v) is 3.64. The van der Waals surface area contributed by atoms with Crippen LogP contribution in [0.1, 0.15) is 5.56 Å². The molecule has 0 saturated carbocycles. The largest absolute Gasteiger partial charge is 0.492 e. The van der Waals surface area contributed by atoms with E-state index in [4.69, 9.17) is 4.74 Å². The Balaban J connectivity index is 1.42. The molecule has 0 spiro atoms. The Kier molecular flexibility index (Phi) is 5.30. The summed E-state index contributed by atoms with van der Waals surface area (Å²) in [6.07, 6.45) is 4.36. The van der Waals surface area contributed by atoms with Crippen LogP contribution in [-0.4, -0.2) is 23.6 Å². The summed E-state index contributed by atoms with van der Waals surface area (Å²) in [6, 6.07) is 21.5. The molecule has 4 nitrogen and oxygen atoms in total. The monoisotopic (exact) mass is 320 g/mol. The smallest absolute Gasteiger partial charge is 0.224 e. The second-order valence-electron chi connectivity index (χ2n) is 5.45. The molecule has 0 aliphatic heterocycles. The van der Waals surface area contributed by atoms with Gasteiger partial charge in [0.05, 0.1) is 13.0 Å². The van der Waals surface area contributed by atoms with Crippen molar-refractivity contribution in [1.29, 1.82) is 0 Å². The van der Waals surface area contributed by atoms with Crippen LogP contribution in [0.15, 0.2) is 79.1 Å². The Hall–Kier alpha value is -3.01. The van der Waals surface area contributed by atoms with E-state index in [1.807, 2.05) is 83.7 Å². The minimum atomic E-state index is 0.000348. The molecule has 24 heavy (non-hydrogen) atoms. The summed E-state index contributed by atoms with van der Waals surface area (Å²) < 4.78 is 7.58. The molecule has 0 fully saturated rings. The van der Waals surface area contributed by atoms with E-state index >= 15 is 0 Å². The third kappa shape index (κ3) is 4.49. The molecule has 122 valence electrons. The number of carbonyl (C=O) groups is 1. The number of amides is 1. The van der Waals surface area contributed by atoms with Crippen LogP contribution < -0.4 is 10.1 Å². The minimum absolute atomic E-state index is 0.000348. The van der Waals surface area contributed by atoms with Gasteiger partial charge in [-0.2, -0.15) is 0 Å². The number of rotatable bonds is 7. The van der Waals surface area contributed by atoms with Crippen LogP contribution in [0.5, 0.6) is 5.75 Å². The summed E-state index contributed by atoms with van der Waals surface area (Å²) >= 11 is 0. The molecule has 0 saturated heterocycles. The highest BCUT2D eigenvalue weighted by molar-refractivity contribution is 5.78. The van der Waals surface area contributed by atoms with E-state index in [1.165, 1.54) is 0 Å². The van der Waals surface area contributed by atoms with Crippen LogP contribution in [0.25, 0.3) is 5.69 Å². The molecule has 0 unspecified atom stereocenters. The molecule has 3 aromatic rings. The van der Waals surface area contributed by atoms with Crippen LogP contribution in [-0.2, 0) is 11.2 Å². The Bertz CT molecular complexity index is 750. The van der Waals surface area contributed by atoms with Gasteiger partial charge in [0.15, 0.2) is 0 Å². The van der Waals surface area contributed by atoms with Crippen LogP contribution >= 0.6 is 0 Å². The molecule has 0 bridgehead atoms. The Morgan fingerprint density at radius 3 is 2.33 bits per heavy atom. The van der Waals surface area contributed by atoms with Gasteiger partial charge in [0, 0.05) is 18.1 Å². The van der Waals surface area contributed by atoms with E-state index in [1.54, 1.807) is 0 Å². The summed E-state index contributed by atoms with van der Waals surface area (Å²) in [4.78, 5) is 12.0. The third-order valence-electron chi connectivity index (χ3n) is 3.64. The molecule has 1 heterocycles. The summed E-state index contributed by atoms with van der Waals surface area (Å²) in [6.45, 7) is 0.956. The standard InChI is InChI=1S/C20H20N2O2/c23-20(21-12-15-24-19-6-2-1-3-7-19)16-17-8-10-18(11-9-17)22-13-4-5-14-22/h1-11,13-14H,12,15-16H2,(H,21,23). The first-order chi connectivity index (χ1) is 11.8. The van der Waals surface area contributed by atoms with Crippen molar-refractivity contribution in [2.75, 3.05) is 13.2 Å². The van der Waals surface area contributed by atoms with Crippen molar-refractivity contribution in [3.8, 4) is 11.4 Å². The molecule has 3 rings (SSSR count). The fourth-order valence-corrected chi connectivity index (χ4v) is 2.42. The maximum absolute atomic E-state index is 12.0. The van der Waals surface area contributed by atoms with Crippen LogP contribution in [0.2, 0.25) is 0 Å². The van der Waals surface area contributed by atoms with Crippen molar-refractivity contribution in [3.63, 3.8) is 0 Å². The van der Waals surface area contributed by atoms with Gasteiger partial charge in [-0.1, -0.05) is 30.3 Å². The number of benzene rings is 2. The second-order valence-corrected chi connectivity index (χ2v) is 5.45. The topological polar surface area (TPSA) is 43.3 Å². The first-order valence-electron chi connectivity index (χ1n) is 7.98. The van der Waals surface area contributed by atoms with Gasteiger partial charge in [0.2, 0.25) is 5.91 Å². The van der Waals surface area contributed by atoms with Gasteiger partial charge in [-0.25, -0.2) is 0 Å². The SMILES string of the molecule is O=C(Cc1ccc(-n2cccc2)cc1)NCCOc1ccccc1. The number of carbonyl (C=O) groups excluding carboxylic acids is 1. The maximum atomic E-state index is 12.0. The summed E-state index contributed by atoms with van der Waals surface area (Å²) in [5.74, 6) is 0.813. The summed E-state index contributed by atoms with van der Waals surface area (Å²) in [5, 5.41) is 2.87. The van der Waals surface area contributed by atoms with E-state index in [2.05, 4.69) is 5.32 Å². The van der Waals surface area contributed by atoms with Gasteiger partial charge < -0.3 is 14.6 Å². The molecule has 1 aromatic heterocycles. The van der Waals surface area contributed by atoms with Crippen LogP contribution in [0.4, 0.5) is 0 Å². The van der Waals surface area contributed by atoms with Gasteiger partial charge >= 0.3 is 0 Å². The van der Waals surface area contributed by atoms with Gasteiger partial charge in [-0.3, -0.25) is 4.79 Å². The molecular weight excluding hydrogens is 300 g/mol. The second kappa shape index (κ2) is 8.02. The lowest BCUT2D eigenvalue weighted by Crippen LogP contribution is -2.29. The zero-order valence-electron chi connectivity index (χ0n) is 13.4. The maximum Gasteiger partial charge on any atom is 0.224 e. The number of hydrogen-bond donors (Lipinski definition) is 1. The number of ether oxygens (including phenoxy) is 1. The number of nitrogens with zero attached hydrogens (tertiary/aromatic N) is 1. The van der Waals surface area contributed by atoms with Crippen molar-refractivity contribution in [1.82, 2.24) is 9.88 Å². The molecule has 0 atom stereocenters. The highest BCUT2D eigenvalue weighted by Crippen LogP contribution is 2.10. The fourth-order valence-electron chi connectivity index (χ4n) is 2.42. The zero-order valence-corrected chi connectivity index (χ0v) is 13.4. The molecule has 0 aliphatic rings. The van der Waals surface area contributed by atoms with Gasteiger partial charge in [0.25, 0.3) is 0 Å². The Morgan fingerprint density at radius 2 is 1.62 bits per heavy atom. The zero-order chi connectivity index (χ0) is 16.6. The molecule has 2 aromatic carbocycles. The Morgan fingerprint density at radius 1 is 0.917 bits per heavy atom. The number of para-hydroxylation sites is 1. The lowest BCUT2D eigenvalue weighted by molar-refractivity contribution is -0.120. The van der Waals surface area contributed by atoms with E-state index in [0.29, 0.717) is 19.6 Å². The average Bonchev–Trinajstić information content (AvgIpc) is 3.15. The van der Waals surface area contributed by atoms with Crippen molar-refractivity contribution in [2.45, 2.75) is 6.42 Å². The van der Waals surface area contributed by atoms with Crippen molar-refractivity contribution in [3.05, 3.63) is 84.7 Å². The minimum Gasteiger partial charge on any atom is -0.492 e. The van der Waals surface area contributed by atoms with Crippen molar-refractivity contribution in [2.24, 2.45) is 0 Å². The predicted molar refractivity (Wildman–Crippen MR) is 94.4 cm³/mol. The molecular formula is C20H20N2O2. The number of hydrogen-bond acceptors (Lipinski definition) is 2. The molecule has 1 N–H and O–H groups in total. The fraction of sp³-hybridized carbons (Fsp3) is 0.150. The van der Waals surface area contributed by atoms with Crippen LogP contribution in [0.3, 0.4) is 0 Å².